The largest absolute Gasteiger partial charge is 0.508 e. The van der Waals surface area contributed by atoms with Gasteiger partial charge in [-0.25, -0.2) is 4.39 Å². The summed E-state index contributed by atoms with van der Waals surface area (Å²) in [6.07, 6.45) is 0. The molecular formula is C15H13FN2O2S. The molecule has 1 amide bonds. The van der Waals surface area contributed by atoms with E-state index in [0.29, 0.717) is 11.3 Å². The summed E-state index contributed by atoms with van der Waals surface area (Å²) in [6.45, 7) is 0. The number of nitrogens with zero attached hydrogens (tertiary/aromatic N) is 1. The highest BCUT2D eigenvalue weighted by Crippen LogP contribution is 2.23. The van der Waals surface area contributed by atoms with Crippen LogP contribution in [0.15, 0.2) is 42.5 Å². The molecule has 0 heterocycles. The molecular weight excluding hydrogens is 291 g/mol. The quantitative estimate of drug-likeness (QED) is 0.855. The summed E-state index contributed by atoms with van der Waals surface area (Å²) in [6, 6.07) is 10.2. The number of carbonyl (C=O) groups is 1. The number of phenolic OH excluding ortho intramolecular Hbond substituents is 1. The van der Waals surface area contributed by atoms with Gasteiger partial charge in [0.15, 0.2) is 0 Å². The number of halogens is 1. The molecule has 0 unspecified atom stereocenters. The van der Waals surface area contributed by atoms with Crippen LogP contribution in [0.3, 0.4) is 0 Å². The van der Waals surface area contributed by atoms with Gasteiger partial charge in [-0.1, -0.05) is 24.4 Å². The van der Waals surface area contributed by atoms with Crippen LogP contribution in [0.1, 0.15) is 15.9 Å². The molecule has 0 spiro atoms. The first-order valence-corrected chi connectivity index (χ1v) is 6.48. The molecule has 6 heteroatoms. The van der Waals surface area contributed by atoms with Gasteiger partial charge in [-0.3, -0.25) is 4.79 Å². The van der Waals surface area contributed by atoms with Gasteiger partial charge in [-0.15, -0.1) is 0 Å². The van der Waals surface area contributed by atoms with E-state index in [1.165, 1.54) is 24.1 Å². The normalized spacial score (nSPS) is 10.2. The number of amides is 1. The van der Waals surface area contributed by atoms with E-state index in [1.807, 2.05) is 0 Å². The van der Waals surface area contributed by atoms with Crippen molar-refractivity contribution in [3.8, 4) is 5.75 Å². The molecule has 0 aliphatic carbocycles. The summed E-state index contributed by atoms with van der Waals surface area (Å²) < 4.78 is 13.8. The number of aromatic hydroxyl groups is 1. The standard InChI is InChI=1S/C15H13FN2O2S/c1-18(13-5-3-2-4-11(13)14(17)21)15(20)10-7-6-9(19)8-12(10)16/h2-8,19H,1H3,(H2,17,21). The maximum absolute atomic E-state index is 13.8. The van der Waals surface area contributed by atoms with Crippen LogP contribution in [-0.4, -0.2) is 23.0 Å². The number of para-hydroxylation sites is 1. The predicted molar refractivity (Wildman–Crippen MR) is 83.1 cm³/mol. The molecule has 0 saturated carbocycles. The molecule has 0 radical (unpaired) electrons. The van der Waals surface area contributed by atoms with E-state index >= 15 is 0 Å². The first-order chi connectivity index (χ1) is 9.91. The summed E-state index contributed by atoms with van der Waals surface area (Å²) in [7, 11) is 1.51. The highest BCUT2D eigenvalue weighted by atomic mass is 32.1. The fourth-order valence-electron chi connectivity index (χ4n) is 1.94. The third-order valence-electron chi connectivity index (χ3n) is 3.02. The van der Waals surface area contributed by atoms with E-state index in [-0.39, 0.29) is 16.3 Å². The van der Waals surface area contributed by atoms with Gasteiger partial charge in [0, 0.05) is 18.7 Å². The van der Waals surface area contributed by atoms with Crippen molar-refractivity contribution in [3.05, 3.63) is 59.4 Å². The summed E-state index contributed by atoms with van der Waals surface area (Å²) in [5, 5.41) is 9.19. The fourth-order valence-corrected chi connectivity index (χ4v) is 2.11. The SMILES string of the molecule is CN(C(=O)c1ccc(O)cc1F)c1ccccc1C(N)=S. The van der Waals surface area contributed by atoms with Crippen molar-refractivity contribution >= 4 is 28.8 Å². The topological polar surface area (TPSA) is 66.6 Å². The van der Waals surface area contributed by atoms with E-state index in [0.717, 1.165) is 6.07 Å². The van der Waals surface area contributed by atoms with Gasteiger partial charge in [0.05, 0.1) is 11.3 Å². The highest BCUT2D eigenvalue weighted by molar-refractivity contribution is 7.80. The second-order valence-electron chi connectivity index (χ2n) is 4.41. The van der Waals surface area contributed by atoms with Crippen LogP contribution in [0.4, 0.5) is 10.1 Å². The van der Waals surface area contributed by atoms with Gasteiger partial charge in [0.2, 0.25) is 0 Å². The molecule has 3 N–H and O–H groups in total. The van der Waals surface area contributed by atoms with E-state index in [2.05, 4.69) is 0 Å². The Morgan fingerprint density at radius 2 is 1.90 bits per heavy atom. The van der Waals surface area contributed by atoms with Gasteiger partial charge in [-0.05, 0) is 24.3 Å². The van der Waals surface area contributed by atoms with E-state index in [1.54, 1.807) is 24.3 Å². The summed E-state index contributed by atoms with van der Waals surface area (Å²) in [5.41, 5.74) is 6.50. The summed E-state index contributed by atoms with van der Waals surface area (Å²) in [5.74, 6) is -1.59. The van der Waals surface area contributed by atoms with Gasteiger partial charge in [0.1, 0.15) is 16.6 Å². The number of rotatable bonds is 3. The lowest BCUT2D eigenvalue weighted by molar-refractivity contribution is 0.0989. The summed E-state index contributed by atoms with van der Waals surface area (Å²) >= 11 is 4.95. The van der Waals surface area contributed by atoms with Crippen LogP contribution in [0.5, 0.6) is 5.75 Å². The van der Waals surface area contributed by atoms with Crippen LogP contribution >= 0.6 is 12.2 Å². The maximum Gasteiger partial charge on any atom is 0.261 e. The number of thiocarbonyl (C=S) groups is 1. The highest BCUT2D eigenvalue weighted by Gasteiger charge is 2.20. The number of carbonyl (C=O) groups excluding carboxylic acids is 1. The van der Waals surface area contributed by atoms with Gasteiger partial charge < -0.3 is 15.7 Å². The molecule has 21 heavy (non-hydrogen) atoms. The molecule has 0 fully saturated rings. The molecule has 0 aliphatic rings. The van der Waals surface area contributed by atoms with Crippen molar-refractivity contribution in [2.75, 3.05) is 11.9 Å². The molecule has 0 aliphatic heterocycles. The number of hydrogen-bond acceptors (Lipinski definition) is 3. The number of nitrogens with two attached hydrogens (primary N) is 1. The Morgan fingerprint density at radius 3 is 2.52 bits per heavy atom. The minimum atomic E-state index is -0.792. The summed E-state index contributed by atoms with van der Waals surface area (Å²) in [4.78, 5) is 13.8. The van der Waals surface area contributed by atoms with E-state index in [4.69, 9.17) is 18.0 Å². The Labute approximate surface area is 126 Å². The van der Waals surface area contributed by atoms with E-state index in [9.17, 15) is 14.3 Å². The first kappa shape index (κ1) is 14.9. The lowest BCUT2D eigenvalue weighted by atomic mass is 10.1. The Morgan fingerprint density at radius 1 is 1.24 bits per heavy atom. The lowest BCUT2D eigenvalue weighted by Crippen LogP contribution is -2.29. The minimum absolute atomic E-state index is 0.145. The van der Waals surface area contributed by atoms with E-state index < -0.39 is 11.7 Å². The number of anilines is 1. The molecule has 0 atom stereocenters. The average molecular weight is 304 g/mol. The molecule has 108 valence electrons. The van der Waals surface area contributed by atoms with Crippen molar-refractivity contribution in [3.63, 3.8) is 0 Å². The zero-order valence-corrected chi connectivity index (χ0v) is 12.0. The van der Waals surface area contributed by atoms with Crippen LogP contribution in [-0.2, 0) is 0 Å². The first-order valence-electron chi connectivity index (χ1n) is 6.07. The number of hydrogen-bond donors (Lipinski definition) is 2. The molecule has 0 aromatic heterocycles. The van der Waals surface area contributed by atoms with Gasteiger partial charge >= 0.3 is 0 Å². The Hall–Kier alpha value is -2.47. The van der Waals surface area contributed by atoms with Crippen molar-refractivity contribution in [2.45, 2.75) is 0 Å². The van der Waals surface area contributed by atoms with Gasteiger partial charge in [0.25, 0.3) is 5.91 Å². The second kappa shape index (κ2) is 5.88. The smallest absolute Gasteiger partial charge is 0.261 e. The Kier molecular flexibility index (Phi) is 4.18. The van der Waals surface area contributed by atoms with Crippen LogP contribution in [0.25, 0.3) is 0 Å². The Bertz CT molecular complexity index is 719. The van der Waals surface area contributed by atoms with Gasteiger partial charge in [-0.2, -0.15) is 0 Å². The molecule has 0 saturated heterocycles. The van der Waals surface area contributed by atoms with Crippen molar-refractivity contribution < 1.29 is 14.3 Å². The minimum Gasteiger partial charge on any atom is -0.508 e. The number of benzene rings is 2. The number of phenols is 1. The zero-order valence-electron chi connectivity index (χ0n) is 11.2. The monoisotopic (exact) mass is 304 g/mol. The van der Waals surface area contributed by atoms with Crippen molar-refractivity contribution in [1.29, 1.82) is 0 Å². The fraction of sp³-hybridized carbons (Fsp3) is 0.0667. The van der Waals surface area contributed by atoms with Crippen molar-refractivity contribution in [1.82, 2.24) is 0 Å². The molecule has 2 aromatic carbocycles. The lowest BCUT2D eigenvalue weighted by Gasteiger charge is -2.20. The van der Waals surface area contributed by atoms with Crippen molar-refractivity contribution in [2.24, 2.45) is 5.73 Å². The van der Waals surface area contributed by atoms with Crippen LogP contribution in [0, 0.1) is 5.82 Å². The molecule has 0 bridgehead atoms. The second-order valence-corrected chi connectivity index (χ2v) is 4.85. The molecule has 4 nitrogen and oxygen atoms in total. The third-order valence-corrected chi connectivity index (χ3v) is 3.24. The molecule has 2 aromatic rings. The maximum atomic E-state index is 13.8. The predicted octanol–water partition coefficient (Wildman–Crippen LogP) is 2.44. The third kappa shape index (κ3) is 3.00. The zero-order chi connectivity index (χ0) is 15.6. The average Bonchev–Trinajstić information content (AvgIpc) is 2.45. The van der Waals surface area contributed by atoms with Crippen LogP contribution in [0.2, 0.25) is 0 Å². The Balaban J connectivity index is 2.42. The molecule has 2 rings (SSSR count). The van der Waals surface area contributed by atoms with Crippen LogP contribution < -0.4 is 10.6 Å².